The molecule has 3 heterocycles. The predicted octanol–water partition coefficient (Wildman–Crippen LogP) is 2.94. The fourth-order valence-corrected chi connectivity index (χ4v) is 2.55. The van der Waals surface area contributed by atoms with Gasteiger partial charge in [0.25, 0.3) is 0 Å². The van der Waals surface area contributed by atoms with Gasteiger partial charge in [0.05, 0.1) is 0 Å². The molecule has 0 amide bonds. The van der Waals surface area contributed by atoms with Crippen LogP contribution in [0.15, 0.2) is 18.3 Å². The zero-order valence-electron chi connectivity index (χ0n) is 11.0. The van der Waals surface area contributed by atoms with Crippen LogP contribution in [0.1, 0.15) is 38.7 Å². The lowest BCUT2D eigenvalue weighted by Crippen LogP contribution is -2.13. The van der Waals surface area contributed by atoms with Crippen molar-refractivity contribution in [2.45, 2.75) is 39.3 Å². The summed E-state index contributed by atoms with van der Waals surface area (Å²) < 4.78 is 8.01. The van der Waals surface area contributed by atoms with Gasteiger partial charge in [0.2, 0.25) is 0 Å². The van der Waals surface area contributed by atoms with Crippen LogP contribution in [0, 0.1) is 5.92 Å². The zero-order chi connectivity index (χ0) is 12.5. The molecule has 4 heteroatoms. The third-order valence-corrected chi connectivity index (χ3v) is 3.31. The molecular weight excluding hydrogens is 226 g/mol. The van der Waals surface area contributed by atoms with E-state index in [1.165, 1.54) is 0 Å². The molecule has 18 heavy (non-hydrogen) atoms. The molecule has 4 nitrogen and oxygen atoms in total. The van der Waals surface area contributed by atoms with Gasteiger partial charge >= 0.3 is 0 Å². The molecule has 0 aromatic carbocycles. The van der Waals surface area contributed by atoms with Crippen LogP contribution in [0.25, 0.3) is 11.2 Å². The van der Waals surface area contributed by atoms with Crippen LogP contribution in [-0.2, 0) is 11.2 Å². The number of fused-ring (bicyclic) bond motifs is 1. The van der Waals surface area contributed by atoms with Crippen molar-refractivity contribution in [3.63, 3.8) is 0 Å². The molecule has 96 valence electrons. The number of rotatable bonds is 3. The summed E-state index contributed by atoms with van der Waals surface area (Å²) in [6.45, 7) is 5.28. The van der Waals surface area contributed by atoms with Crippen LogP contribution in [0.4, 0.5) is 0 Å². The second-order valence-corrected chi connectivity index (χ2v) is 5.31. The smallest absolute Gasteiger partial charge is 0.162 e. The van der Waals surface area contributed by atoms with Crippen LogP contribution >= 0.6 is 0 Å². The Morgan fingerprint density at radius 2 is 2.39 bits per heavy atom. The molecule has 1 aliphatic heterocycles. The summed E-state index contributed by atoms with van der Waals surface area (Å²) in [5.41, 5.74) is 1.93. The summed E-state index contributed by atoms with van der Waals surface area (Å²) in [7, 11) is 0. The molecule has 0 aliphatic carbocycles. The van der Waals surface area contributed by atoms with E-state index in [0.717, 1.165) is 42.9 Å². The Balaban J connectivity index is 2.11. The van der Waals surface area contributed by atoms with E-state index < -0.39 is 0 Å². The Hall–Kier alpha value is -1.42. The van der Waals surface area contributed by atoms with E-state index in [1.807, 2.05) is 18.3 Å². The summed E-state index contributed by atoms with van der Waals surface area (Å²) in [6, 6.07) is 3.96. The Morgan fingerprint density at radius 3 is 3.11 bits per heavy atom. The Morgan fingerprint density at radius 1 is 1.50 bits per heavy atom. The van der Waals surface area contributed by atoms with Crippen LogP contribution in [0.2, 0.25) is 0 Å². The maximum absolute atomic E-state index is 5.81. The molecule has 2 aromatic heterocycles. The molecular formula is C14H19N3O. The molecule has 1 aliphatic rings. The molecule has 0 N–H and O–H groups in total. The number of nitrogens with zero attached hydrogens (tertiary/aromatic N) is 3. The topological polar surface area (TPSA) is 39.9 Å². The van der Waals surface area contributed by atoms with Crippen LogP contribution < -0.4 is 0 Å². The molecule has 2 aromatic rings. The highest BCUT2D eigenvalue weighted by Gasteiger charge is 2.23. The lowest BCUT2D eigenvalue weighted by Gasteiger charge is -2.16. The summed E-state index contributed by atoms with van der Waals surface area (Å²) in [5.74, 6) is 1.69. The molecule has 0 saturated carbocycles. The van der Waals surface area contributed by atoms with Crippen molar-refractivity contribution in [2.24, 2.45) is 5.92 Å². The van der Waals surface area contributed by atoms with Crippen molar-refractivity contribution >= 4 is 11.2 Å². The maximum Gasteiger partial charge on any atom is 0.162 e. The van der Waals surface area contributed by atoms with E-state index in [2.05, 4.69) is 23.4 Å². The quantitative estimate of drug-likeness (QED) is 0.834. The highest BCUT2D eigenvalue weighted by molar-refractivity contribution is 5.71. The minimum atomic E-state index is 0.124. The van der Waals surface area contributed by atoms with Gasteiger partial charge in [0.1, 0.15) is 17.6 Å². The van der Waals surface area contributed by atoms with Crippen LogP contribution in [0.3, 0.4) is 0 Å². The molecule has 3 rings (SSSR count). The number of ether oxygens (including phenoxy) is 1. The lowest BCUT2D eigenvalue weighted by molar-refractivity contribution is 0.0568. The van der Waals surface area contributed by atoms with Crippen molar-refractivity contribution in [2.75, 3.05) is 6.61 Å². The van der Waals surface area contributed by atoms with Crippen molar-refractivity contribution in [1.82, 2.24) is 14.5 Å². The fourth-order valence-electron chi connectivity index (χ4n) is 2.55. The summed E-state index contributed by atoms with van der Waals surface area (Å²) in [4.78, 5) is 9.19. The molecule has 1 fully saturated rings. The second-order valence-electron chi connectivity index (χ2n) is 5.31. The van der Waals surface area contributed by atoms with Gasteiger partial charge in [-0.3, -0.25) is 4.57 Å². The normalized spacial score (nSPS) is 20.1. The fraction of sp³-hybridized carbons (Fsp3) is 0.571. The van der Waals surface area contributed by atoms with Crippen molar-refractivity contribution in [1.29, 1.82) is 0 Å². The first-order chi connectivity index (χ1) is 8.75. The van der Waals surface area contributed by atoms with Gasteiger partial charge in [-0.05, 0) is 30.9 Å². The SMILES string of the molecule is CC(C)Cc1nc2cccnc2n1C1CCCO1. The van der Waals surface area contributed by atoms with Gasteiger partial charge in [-0.25, -0.2) is 9.97 Å². The van der Waals surface area contributed by atoms with E-state index >= 15 is 0 Å². The Labute approximate surface area is 107 Å². The third kappa shape index (κ3) is 2.01. The van der Waals surface area contributed by atoms with Gasteiger partial charge in [-0.1, -0.05) is 13.8 Å². The number of imidazole rings is 1. The number of hydrogen-bond donors (Lipinski definition) is 0. The maximum atomic E-state index is 5.81. The molecule has 1 saturated heterocycles. The number of hydrogen-bond acceptors (Lipinski definition) is 3. The van der Waals surface area contributed by atoms with Crippen LogP contribution in [0.5, 0.6) is 0 Å². The lowest BCUT2D eigenvalue weighted by atomic mass is 10.1. The molecule has 0 spiro atoms. The first-order valence-corrected chi connectivity index (χ1v) is 6.69. The van der Waals surface area contributed by atoms with Gasteiger partial charge in [-0.2, -0.15) is 0 Å². The largest absolute Gasteiger partial charge is 0.358 e. The first kappa shape index (κ1) is 11.7. The first-order valence-electron chi connectivity index (χ1n) is 6.69. The Kier molecular flexibility index (Phi) is 3.04. The van der Waals surface area contributed by atoms with Gasteiger partial charge in [0.15, 0.2) is 5.65 Å². The van der Waals surface area contributed by atoms with Crippen molar-refractivity contribution in [3.8, 4) is 0 Å². The van der Waals surface area contributed by atoms with E-state index in [4.69, 9.17) is 9.72 Å². The van der Waals surface area contributed by atoms with Crippen LogP contribution in [-0.4, -0.2) is 21.1 Å². The average Bonchev–Trinajstić information content (AvgIpc) is 2.93. The van der Waals surface area contributed by atoms with Crippen molar-refractivity contribution < 1.29 is 4.74 Å². The monoisotopic (exact) mass is 245 g/mol. The van der Waals surface area contributed by atoms with Crippen molar-refractivity contribution in [3.05, 3.63) is 24.2 Å². The predicted molar refractivity (Wildman–Crippen MR) is 70.3 cm³/mol. The molecule has 1 unspecified atom stereocenters. The summed E-state index contributed by atoms with van der Waals surface area (Å²) in [6.07, 6.45) is 5.11. The third-order valence-electron chi connectivity index (χ3n) is 3.31. The molecule has 1 atom stereocenters. The molecule has 0 bridgehead atoms. The molecule has 0 radical (unpaired) electrons. The number of aromatic nitrogens is 3. The van der Waals surface area contributed by atoms with E-state index in [9.17, 15) is 0 Å². The summed E-state index contributed by atoms with van der Waals surface area (Å²) in [5, 5.41) is 0. The Bertz CT molecular complexity index is 541. The second kappa shape index (κ2) is 4.69. The highest BCUT2D eigenvalue weighted by Crippen LogP contribution is 2.29. The summed E-state index contributed by atoms with van der Waals surface area (Å²) >= 11 is 0. The van der Waals surface area contributed by atoms with E-state index in [0.29, 0.717) is 5.92 Å². The minimum absolute atomic E-state index is 0.124. The van der Waals surface area contributed by atoms with E-state index in [-0.39, 0.29) is 6.23 Å². The zero-order valence-corrected chi connectivity index (χ0v) is 11.0. The van der Waals surface area contributed by atoms with E-state index in [1.54, 1.807) is 0 Å². The minimum Gasteiger partial charge on any atom is -0.358 e. The highest BCUT2D eigenvalue weighted by atomic mass is 16.5. The average molecular weight is 245 g/mol. The number of pyridine rings is 1. The van der Waals surface area contributed by atoms with Gasteiger partial charge in [-0.15, -0.1) is 0 Å². The standard InChI is InChI=1S/C14H19N3O/c1-10(2)9-12-16-11-5-3-7-15-14(11)17(12)13-6-4-8-18-13/h3,5,7,10,13H,4,6,8-9H2,1-2H3. The van der Waals surface area contributed by atoms with Gasteiger partial charge < -0.3 is 4.74 Å². The van der Waals surface area contributed by atoms with Gasteiger partial charge in [0, 0.05) is 19.2 Å².